The largest absolute Gasteiger partial charge is 0.479 e. The molecule has 0 saturated heterocycles. The van der Waals surface area contributed by atoms with Gasteiger partial charge in [-0.25, -0.2) is 4.98 Å². The molecular weight excluding hydrogens is 196 g/mol. The maximum Gasteiger partial charge on any atom is 0.242 e. The van der Waals surface area contributed by atoms with Crippen molar-refractivity contribution in [3.8, 4) is 5.88 Å². The standard InChI is InChI=1S/C9H12N4O2/c1-5-3-10-7-6(13-8(5)14)9(15-2)12-4-11-7/h4-5H,3H2,1-2H3,(H,13,14)(H,10,11,12). The molecule has 80 valence electrons. The normalized spacial score (nSPS) is 19.6. The number of hydrogen-bond donors (Lipinski definition) is 2. The second-order valence-electron chi connectivity index (χ2n) is 3.38. The third kappa shape index (κ3) is 1.70. The van der Waals surface area contributed by atoms with Crippen LogP contribution in [0.2, 0.25) is 0 Å². The Kier molecular flexibility index (Phi) is 2.40. The van der Waals surface area contributed by atoms with Crippen molar-refractivity contribution in [3.05, 3.63) is 6.33 Å². The molecule has 6 heteroatoms. The van der Waals surface area contributed by atoms with Crippen molar-refractivity contribution < 1.29 is 9.53 Å². The monoisotopic (exact) mass is 208 g/mol. The first-order valence-corrected chi connectivity index (χ1v) is 4.66. The van der Waals surface area contributed by atoms with Crippen LogP contribution in [-0.4, -0.2) is 29.5 Å². The van der Waals surface area contributed by atoms with E-state index in [9.17, 15) is 4.79 Å². The first kappa shape index (κ1) is 9.70. The molecule has 1 aliphatic rings. The average molecular weight is 208 g/mol. The van der Waals surface area contributed by atoms with Crippen molar-refractivity contribution in [3.63, 3.8) is 0 Å². The van der Waals surface area contributed by atoms with Gasteiger partial charge in [0.15, 0.2) is 5.82 Å². The van der Waals surface area contributed by atoms with Crippen molar-refractivity contribution in [2.75, 3.05) is 24.3 Å². The molecule has 2 rings (SSSR count). The van der Waals surface area contributed by atoms with Crippen molar-refractivity contribution in [2.24, 2.45) is 5.92 Å². The lowest BCUT2D eigenvalue weighted by molar-refractivity contribution is -0.118. The number of fused-ring (bicyclic) bond motifs is 1. The van der Waals surface area contributed by atoms with E-state index in [0.29, 0.717) is 23.9 Å². The third-order valence-corrected chi connectivity index (χ3v) is 2.28. The Morgan fingerprint density at radius 3 is 3.07 bits per heavy atom. The van der Waals surface area contributed by atoms with E-state index in [1.165, 1.54) is 13.4 Å². The summed E-state index contributed by atoms with van der Waals surface area (Å²) in [7, 11) is 1.50. The van der Waals surface area contributed by atoms with Crippen LogP contribution in [0.25, 0.3) is 0 Å². The number of ether oxygens (including phenoxy) is 1. The number of amides is 1. The summed E-state index contributed by atoms with van der Waals surface area (Å²) in [6, 6.07) is 0. The Labute approximate surface area is 87.1 Å². The number of carbonyl (C=O) groups excluding carboxylic acids is 1. The molecule has 1 unspecified atom stereocenters. The fourth-order valence-electron chi connectivity index (χ4n) is 1.36. The molecule has 0 bridgehead atoms. The number of anilines is 2. The minimum Gasteiger partial charge on any atom is -0.479 e. The van der Waals surface area contributed by atoms with Gasteiger partial charge in [0, 0.05) is 6.54 Å². The van der Waals surface area contributed by atoms with E-state index in [-0.39, 0.29) is 11.8 Å². The lowest BCUT2D eigenvalue weighted by Gasteiger charge is -2.09. The van der Waals surface area contributed by atoms with Gasteiger partial charge in [-0.3, -0.25) is 4.79 Å². The number of rotatable bonds is 1. The zero-order chi connectivity index (χ0) is 10.8. The Morgan fingerprint density at radius 2 is 2.33 bits per heavy atom. The summed E-state index contributed by atoms with van der Waals surface area (Å²) < 4.78 is 5.05. The van der Waals surface area contributed by atoms with E-state index in [1.54, 1.807) is 0 Å². The molecule has 0 radical (unpaired) electrons. The smallest absolute Gasteiger partial charge is 0.242 e. The summed E-state index contributed by atoms with van der Waals surface area (Å²) in [5.74, 6) is 0.799. The lowest BCUT2D eigenvalue weighted by Crippen LogP contribution is -2.22. The number of hydrogen-bond acceptors (Lipinski definition) is 5. The van der Waals surface area contributed by atoms with Crippen LogP contribution >= 0.6 is 0 Å². The third-order valence-electron chi connectivity index (χ3n) is 2.28. The molecule has 1 aromatic rings. The Hall–Kier alpha value is -1.85. The number of nitrogens with zero attached hydrogens (tertiary/aromatic N) is 2. The number of methoxy groups -OCH3 is 1. The van der Waals surface area contributed by atoms with E-state index in [4.69, 9.17) is 4.74 Å². The van der Waals surface area contributed by atoms with Gasteiger partial charge in [-0.2, -0.15) is 4.98 Å². The van der Waals surface area contributed by atoms with Gasteiger partial charge in [-0.15, -0.1) is 0 Å². The summed E-state index contributed by atoms with van der Waals surface area (Å²) in [5, 5.41) is 5.81. The molecule has 0 spiro atoms. The molecule has 6 nitrogen and oxygen atoms in total. The van der Waals surface area contributed by atoms with Crippen molar-refractivity contribution in [1.82, 2.24) is 9.97 Å². The predicted molar refractivity (Wildman–Crippen MR) is 54.9 cm³/mol. The van der Waals surface area contributed by atoms with Gasteiger partial charge < -0.3 is 15.4 Å². The van der Waals surface area contributed by atoms with Crippen LogP contribution in [0.4, 0.5) is 11.5 Å². The van der Waals surface area contributed by atoms with E-state index in [0.717, 1.165) is 0 Å². The fourth-order valence-corrected chi connectivity index (χ4v) is 1.36. The second kappa shape index (κ2) is 3.72. The molecule has 0 fully saturated rings. The molecular formula is C9H12N4O2. The number of nitrogens with one attached hydrogen (secondary N) is 2. The highest BCUT2D eigenvalue weighted by molar-refractivity contribution is 5.97. The summed E-state index contributed by atoms with van der Waals surface area (Å²) in [5.41, 5.74) is 0.509. The van der Waals surface area contributed by atoms with Crippen LogP contribution in [0.15, 0.2) is 6.33 Å². The van der Waals surface area contributed by atoms with E-state index < -0.39 is 0 Å². The highest BCUT2D eigenvalue weighted by atomic mass is 16.5. The average Bonchev–Trinajstić information content (AvgIpc) is 2.39. The number of carbonyl (C=O) groups is 1. The van der Waals surface area contributed by atoms with Gasteiger partial charge >= 0.3 is 0 Å². The summed E-state index contributed by atoms with van der Waals surface area (Å²) >= 11 is 0. The Bertz CT molecular complexity index is 394. The van der Waals surface area contributed by atoms with Crippen LogP contribution in [0, 0.1) is 5.92 Å². The zero-order valence-electron chi connectivity index (χ0n) is 8.57. The van der Waals surface area contributed by atoms with Gasteiger partial charge in [0.05, 0.1) is 13.0 Å². The maximum atomic E-state index is 11.6. The van der Waals surface area contributed by atoms with Crippen LogP contribution in [0.1, 0.15) is 6.92 Å². The van der Waals surface area contributed by atoms with Crippen molar-refractivity contribution in [2.45, 2.75) is 6.92 Å². The quantitative estimate of drug-likeness (QED) is 0.702. The zero-order valence-corrected chi connectivity index (χ0v) is 8.57. The molecule has 1 aliphatic heterocycles. The molecule has 1 amide bonds. The molecule has 2 heterocycles. The summed E-state index contributed by atoms with van der Waals surface area (Å²) in [6.45, 7) is 2.40. The SMILES string of the molecule is COc1ncnc2c1NC(=O)C(C)CN2. The maximum absolute atomic E-state index is 11.6. The van der Waals surface area contributed by atoms with Gasteiger partial charge in [-0.1, -0.05) is 6.92 Å². The molecule has 15 heavy (non-hydrogen) atoms. The first-order valence-electron chi connectivity index (χ1n) is 4.66. The van der Waals surface area contributed by atoms with Crippen LogP contribution in [-0.2, 0) is 4.79 Å². The molecule has 2 N–H and O–H groups in total. The summed E-state index contributed by atoms with van der Waals surface area (Å²) in [6.07, 6.45) is 1.40. The van der Waals surface area contributed by atoms with Gasteiger partial charge in [-0.05, 0) is 0 Å². The van der Waals surface area contributed by atoms with Gasteiger partial charge in [0.25, 0.3) is 0 Å². The Balaban J connectivity index is 2.43. The lowest BCUT2D eigenvalue weighted by atomic mass is 10.2. The topological polar surface area (TPSA) is 76.1 Å². The first-order chi connectivity index (χ1) is 7.22. The molecule has 0 aliphatic carbocycles. The van der Waals surface area contributed by atoms with Crippen molar-refractivity contribution in [1.29, 1.82) is 0 Å². The molecule has 0 saturated carbocycles. The predicted octanol–water partition coefficient (Wildman–Crippen LogP) is 0.485. The highest BCUT2D eigenvalue weighted by Crippen LogP contribution is 2.30. The molecule has 1 atom stereocenters. The summed E-state index contributed by atoms with van der Waals surface area (Å²) in [4.78, 5) is 19.5. The van der Waals surface area contributed by atoms with Gasteiger partial charge in [0.1, 0.15) is 12.0 Å². The minimum absolute atomic E-state index is 0.0608. The second-order valence-corrected chi connectivity index (χ2v) is 3.38. The van der Waals surface area contributed by atoms with Crippen molar-refractivity contribution >= 4 is 17.4 Å². The highest BCUT2D eigenvalue weighted by Gasteiger charge is 2.23. The molecule has 0 aromatic carbocycles. The van der Waals surface area contributed by atoms with Crippen LogP contribution in [0.5, 0.6) is 5.88 Å². The van der Waals surface area contributed by atoms with Crippen LogP contribution < -0.4 is 15.4 Å². The fraction of sp³-hybridized carbons (Fsp3) is 0.444. The van der Waals surface area contributed by atoms with E-state index in [1.807, 2.05) is 6.92 Å². The van der Waals surface area contributed by atoms with Gasteiger partial charge in [0.2, 0.25) is 11.8 Å². The van der Waals surface area contributed by atoms with E-state index in [2.05, 4.69) is 20.6 Å². The van der Waals surface area contributed by atoms with Crippen LogP contribution in [0.3, 0.4) is 0 Å². The molecule has 1 aromatic heterocycles. The van der Waals surface area contributed by atoms with E-state index >= 15 is 0 Å². The number of aromatic nitrogens is 2. The Morgan fingerprint density at radius 1 is 1.53 bits per heavy atom. The minimum atomic E-state index is -0.107.